The summed E-state index contributed by atoms with van der Waals surface area (Å²) in [6.07, 6.45) is 1.93. The van der Waals surface area contributed by atoms with Crippen molar-refractivity contribution in [1.29, 1.82) is 0 Å². The number of ether oxygens (including phenoxy) is 2. The quantitative estimate of drug-likeness (QED) is 0.857. The molecule has 5 nitrogen and oxygen atoms in total. The first kappa shape index (κ1) is 18.2. The van der Waals surface area contributed by atoms with Gasteiger partial charge in [-0.3, -0.25) is 9.69 Å². The molecule has 0 bridgehead atoms. The van der Waals surface area contributed by atoms with E-state index in [-0.39, 0.29) is 24.2 Å². The van der Waals surface area contributed by atoms with Crippen molar-refractivity contribution in [3.8, 4) is 11.5 Å². The summed E-state index contributed by atoms with van der Waals surface area (Å²) in [5, 5.41) is 2.65. The number of nitrogens with one attached hydrogen (secondary N) is 1. The summed E-state index contributed by atoms with van der Waals surface area (Å²) in [7, 11) is 3.24. The molecular weight excluding hydrogens is 335 g/mol. The standard InChI is InChI=1S/C20H23FN2O3/c1-25-14-9-10-15(19(12-14)26-2)18-8-5-11-23(18)13-20(24)22-17-7-4-3-6-16(17)21/h3-4,6-7,9-10,12,18H,5,8,11,13H2,1-2H3,(H,22,24)/t18-/m0/s1. The van der Waals surface area contributed by atoms with E-state index in [4.69, 9.17) is 9.47 Å². The van der Waals surface area contributed by atoms with Crippen LogP contribution < -0.4 is 14.8 Å². The van der Waals surface area contributed by atoms with Crippen LogP contribution >= 0.6 is 0 Å². The lowest BCUT2D eigenvalue weighted by molar-refractivity contribution is -0.117. The van der Waals surface area contributed by atoms with E-state index in [1.807, 2.05) is 18.2 Å². The van der Waals surface area contributed by atoms with Gasteiger partial charge >= 0.3 is 0 Å². The van der Waals surface area contributed by atoms with Gasteiger partial charge in [-0.25, -0.2) is 4.39 Å². The van der Waals surface area contributed by atoms with Crippen LogP contribution in [0.4, 0.5) is 10.1 Å². The maximum atomic E-state index is 13.7. The van der Waals surface area contributed by atoms with Crippen molar-refractivity contribution in [3.05, 3.63) is 53.8 Å². The third-order valence-electron chi connectivity index (χ3n) is 4.66. The van der Waals surface area contributed by atoms with Crippen LogP contribution in [0.3, 0.4) is 0 Å². The molecule has 0 aromatic heterocycles. The molecule has 26 heavy (non-hydrogen) atoms. The average Bonchev–Trinajstić information content (AvgIpc) is 3.10. The van der Waals surface area contributed by atoms with Crippen LogP contribution in [0.25, 0.3) is 0 Å². The fourth-order valence-electron chi connectivity index (χ4n) is 3.40. The van der Waals surface area contributed by atoms with Crippen LogP contribution in [-0.2, 0) is 4.79 Å². The van der Waals surface area contributed by atoms with Crippen LogP contribution in [0.5, 0.6) is 11.5 Å². The molecule has 1 atom stereocenters. The number of likely N-dealkylation sites (tertiary alicyclic amines) is 1. The second-order valence-electron chi connectivity index (χ2n) is 6.26. The number of hydrogen-bond donors (Lipinski definition) is 1. The SMILES string of the molecule is COc1ccc([C@@H]2CCCN2CC(=O)Nc2ccccc2F)c(OC)c1. The van der Waals surface area contributed by atoms with Crippen molar-refractivity contribution in [3.63, 3.8) is 0 Å². The average molecular weight is 358 g/mol. The van der Waals surface area contributed by atoms with E-state index in [1.54, 1.807) is 32.4 Å². The highest BCUT2D eigenvalue weighted by Gasteiger charge is 2.30. The van der Waals surface area contributed by atoms with Crippen LogP contribution in [0.2, 0.25) is 0 Å². The number of anilines is 1. The largest absolute Gasteiger partial charge is 0.497 e. The second-order valence-corrected chi connectivity index (χ2v) is 6.26. The molecule has 0 radical (unpaired) electrons. The summed E-state index contributed by atoms with van der Waals surface area (Å²) in [4.78, 5) is 14.5. The number of rotatable bonds is 6. The molecule has 0 spiro atoms. The van der Waals surface area contributed by atoms with Gasteiger partial charge < -0.3 is 14.8 Å². The van der Waals surface area contributed by atoms with E-state index in [2.05, 4.69) is 10.2 Å². The van der Waals surface area contributed by atoms with Gasteiger partial charge in [0.25, 0.3) is 0 Å². The van der Waals surface area contributed by atoms with Gasteiger partial charge in [0.2, 0.25) is 5.91 Å². The number of benzene rings is 2. The van der Waals surface area contributed by atoms with Crippen molar-refractivity contribution < 1.29 is 18.7 Å². The molecule has 6 heteroatoms. The number of hydrogen-bond acceptors (Lipinski definition) is 4. The first-order chi connectivity index (χ1) is 12.6. The lowest BCUT2D eigenvalue weighted by Gasteiger charge is -2.26. The molecule has 2 aromatic carbocycles. The molecule has 3 rings (SSSR count). The molecule has 0 unspecified atom stereocenters. The van der Waals surface area contributed by atoms with Crippen molar-refractivity contribution in [2.45, 2.75) is 18.9 Å². The van der Waals surface area contributed by atoms with E-state index in [0.29, 0.717) is 0 Å². The fourth-order valence-corrected chi connectivity index (χ4v) is 3.40. The highest BCUT2D eigenvalue weighted by atomic mass is 19.1. The number of halogens is 1. The molecule has 1 fully saturated rings. The van der Waals surface area contributed by atoms with Gasteiger partial charge in [-0.2, -0.15) is 0 Å². The Morgan fingerprint density at radius 2 is 2.04 bits per heavy atom. The number of carbonyl (C=O) groups is 1. The molecule has 1 aliphatic heterocycles. The lowest BCUT2D eigenvalue weighted by Crippen LogP contribution is -2.33. The zero-order valence-corrected chi connectivity index (χ0v) is 15.0. The number of para-hydroxylation sites is 1. The lowest BCUT2D eigenvalue weighted by atomic mass is 10.0. The second kappa shape index (κ2) is 8.19. The highest BCUT2D eigenvalue weighted by molar-refractivity contribution is 5.92. The summed E-state index contributed by atoms with van der Waals surface area (Å²) in [6.45, 7) is 1.01. The molecule has 1 N–H and O–H groups in total. The number of methoxy groups -OCH3 is 2. The molecule has 1 amide bonds. The van der Waals surface area contributed by atoms with Crippen LogP contribution in [0, 0.1) is 5.82 Å². The van der Waals surface area contributed by atoms with Gasteiger partial charge in [0, 0.05) is 17.7 Å². The fraction of sp³-hybridized carbons (Fsp3) is 0.350. The summed E-state index contributed by atoms with van der Waals surface area (Å²) >= 11 is 0. The van der Waals surface area contributed by atoms with Crippen LogP contribution in [-0.4, -0.2) is 38.1 Å². The van der Waals surface area contributed by atoms with Crippen molar-refractivity contribution in [2.24, 2.45) is 0 Å². The smallest absolute Gasteiger partial charge is 0.238 e. The monoisotopic (exact) mass is 358 g/mol. The summed E-state index contributed by atoms with van der Waals surface area (Å²) in [5.41, 5.74) is 1.24. The van der Waals surface area contributed by atoms with E-state index in [9.17, 15) is 9.18 Å². The third kappa shape index (κ3) is 3.96. The van der Waals surface area contributed by atoms with Crippen molar-refractivity contribution >= 4 is 11.6 Å². The normalized spacial score (nSPS) is 17.1. The highest BCUT2D eigenvalue weighted by Crippen LogP contribution is 2.38. The van der Waals surface area contributed by atoms with Gasteiger partial charge in [0.1, 0.15) is 17.3 Å². The summed E-state index contributed by atoms with van der Waals surface area (Å²) < 4.78 is 24.5. The topological polar surface area (TPSA) is 50.8 Å². The Labute approximate surface area is 152 Å². The Kier molecular flexibility index (Phi) is 5.73. The maximum Gasteiger partial charge on any atom is 0.238 e. The first-order valence-electron chi connectivity index (χ1n) is 8.62. The molecule has 1 saturated heterocycles. The minimum atomic E-state index is -0.435. The Balaban J connectivity index is 1.72. The Bertz CT molecular complexity index is 781. The van der Waals surface area contributed by atoms with Crippen LogP contribution in [0.15, 0.2) is 42.5 Å². The van der Waals surface area contributed by atoms with Gasteiger partial charge in [0.05, 0.1) is 26.5 Å². The van der Waals surface area contributed by atoms with Gasteiger partial charge in [0.15, 0.2) is 0 Å². The zero-order chi connectivity index (χ0) is 18.5. The Hall–Kier alpha value is -2.60. The zero-order valence-electron chi connectivity index (χ0n) is 15.0. The third-order valence-corrected chi connectivity index (χ3v) is 4.66. The van der Waals surface area contributed by atoms with E-state index in [1.165, 1.54) is 6.07 Å². The van der Waals surface area contributed by atoms with Gasteiger partial charge in [-0.05, 0) is 37.6 Å². The summed E-state index contributed by atoms with van der Waals surface area (Å²) in [6, 6.07) is 12.0. The minimum absolute atomic E-state index is 0.0854. The molecule has 0 saturated carbocycles. The van der Waals surface area contributed by atoms with Gasteiger partial charge in [-0.1, -0.05) is 18.2 Å². The number of carbonyl (C=O) groups excluding carboxylic acids is 1. The molecule has 0 aliphatic carbocycles. The summed E-state index contributed by atoms with van der Waals surface area (Å²) in [5.74, 6) is 0.813. The predicted octanol–water partition coefficient (Wildman–Crippen LogP) is 3.62. The van der Waals surface area contributed by atoms with Crippen LogP contribution in [0.1, 0.15) is 24.4 Å². The molecule has 2 aromatic rings. The van der Waals surface area contributed by atoms with Gasteiger partial charge in [-0.15, -0.1) is 0 Å². The van der Waals surface area contributed by atoms with Crippen molar-refractivity contribution in [2.75, 3.05) is 32.6 Å². The Morgan fingerprint density at radius 1 is 1.23 bits per heavy atom. The van der Waals surface area contributed by atoms with E-state index in [0.717, 1.165) is 36.4 Å². The first-order valence-corrected chi connectivity index (χ1v) is 8.62. The Morgan fingerprint density at radius 3 is 2.77 bits per heavy atom. The van der Waals surface area contributed by atoms with Crippen molar-refractivity contribution in [1.82, 2.24) is 4.90 Å². The predicted molar refractivity (Wildman–Crippen MR) is 98.1 cm³/mol. The molecular formula is C20H23FN2O3. The molecule has 1 heterocycles. The molecule has 138 valence electrons. The molecule has 1 aliphatic rings. The maximum absolute atomic E-state index is 13.7. The van der Waals surface area contributed by atoms with E-state index < -0.39 is 5.82 Å². The number of nitrogens with zero attached hydrogens (tertiary/aromatic N) is 1. The number of amides is 1. The minimum Gasteiger partial charge on any atom is -0.497 e. The van der Waals surface area contributed by atoms with E-state index >= 15 is 0 Å².